The van der Waals surface area contributed by atoms with Gasteiger partial charge in [0, 0.05) is 19.5 Å². The Labute approximate surface area is 188 Å². The van der Waals surface area contributed by atoms with Gasteiger partial charge in [0.1, 0.15) is 6.04 Å². The van der Waals surface area contributed by atoms with Crippen molar-refractivity contribution in [3.8, 4) is 0 Å². The molecule has 2 heterocycles. The van der Waals surface area contributed by atoms with Crippen molar-refractivity contribution in [3.05, 3.63) is 94.9 Å². The largest absolute Gasteiger partial charge is 0.459 e. The Morgan fingerprint density at radius 3 is 2.47 bits per heavy atom. The van der Waals surface area contributed by atoms with Crippen LogP contribution in [0.1, 0.15) is 46.7 Å². The first-order valence-electron chi connectivity index (χ1n) is 10.9. The van der Waals surface area contributed by atoms with Crippen LogP contribution >= 0.6 is 0 Å². The van der Waals surface area contributed by atoms with E-state index in [1.807, 2.05) is 62.4 Å². The van der Waals surface area contributed by atoms with E-state index in [0.717, 1.165) is 22.3 Å². The number of nitrogens with zero attached hydrogens (tertiary/aromatic N) is 1. The summed E-state index contributed by atoms with van der Waals surface area (Å²) in [5.74, 6) is -0.229. The molecule has 0 bridgehead atoms. The second kappa shape index (κ2) is 9.83. The van der Waals surface area contributed by atoms with Crippen LogP contribution in [-0.4, -0.2) is 28.9 Å². The highest BCUT2D eigenvalue weighted by Crippen LogP contribution is 2.25. The molecule has 6 nitrogen and oxygen atoms in total. The number of ether oxygens (including phenoxy) is 1. The molecule has 0 fully saturated rings. The van der Waals surface area contributed by atoms with Crippen LogP contribution in [0.4, 0.5) is 0 Å². The molecule has 166 valence electrons. The zero-order valence-corrected chi connectivity index (χ0v) is 18.4. The van der Waals surface area contributed by atoms with Gasteiger partial charge in [-0.15, -0.1) is 0 Å². The van der Waals surface area contributed by atoms with Crippen molar-refractivity contribution in [2.24, 2.45) is 0 Å². The van der Waals surface area contributed by atoms with Gasteiger partial charge in [0.05, 0.1) is 19.0 Å². The second-order valence-electron chi connectivity index (χ2n) is 8.25. The summed E-state index contributed by atoms with van der Waals surface area (Å²) in [6, 6.07) is 18.5. The molecule has 1 aliphatic heterocycles. The maximum atomic E-state index is 13.3. The first kappa shape index (κ1) is 21.8. The Kier molecular flexibility index (Phi) is 6.71. The maximum Gasteiger partial charge on any atom is 0.290 e. The molecule has 0 spiro atoms. The van der Waals surface area contributed by atoms with Crippen molar-refractivity contribution in [1.82, 2.24) is 10.2 Å². The average Bonchev–Trinajstić information content (AvgIpc) is 3.35. The van der Waals surface area contributed by atoms with Gasteiger partial charge >= 0.3 is 0 Å². The van der Waals surface area contributed by atoms with Gasteiger partial charge in [-0.05, 0) is 48.2 Å². The van der Waals surface area contributed by atoms with Gasteiger partial charge in [-0.25, -0.2) is 0 Å². The molecule has 4 rings (SSSR count). The maximum absolute atomic E-state index is 13.3. The summed E-state index contributed by atoms with van der Waals surface area (Å²) in [5.41, 5.74) is 4.18. The lowest BCUT2D eigenvalue weighted by Gasteiger charge is -2.35. The third-order valence-electron chi connectivity index (χ3n) is 5.69. The van der Waals surface area contributed by atoms with Crippen molar-refractivity contribution in [1.29, 1.82) is 0 Å². The Morgan fingerprint density at radius 1 is 1.03 bits per heavy atom. The molecule has 32 heavy (non-hydrogen) atoms. The zero-order valence-electron chi connectivity index (χ0n) is 18.4. The quantitative estimate of drug-likeness (QED) is 0.611. The van der Waals surface area contributed by atoms with Gasteiger partial charge in [0.15, 0.2) is 5.76 Å². The van der Waals surface area contributed by atoms with E-state index in [9.17, 15) is 9.59 Å². The predicted molar refractivity (Wildman–Crippen MR) is 121 cm³/mol. The van der Waals surface area contributed by atoms with Crippen molar-refractivity contribution in [2.75, 3.05) is 0 Å². The number of carbonyl (C=O) groups is 2. The average molecular weight is 433 g/mol. The smallest absolute Gasteiger partial charge is 0.290 e. The van der Waals surface area contributed by atoms with Gasteiger partial charge in [0.25, 0.3) is 5.91 Å². The normalized spacial score (nSPS) is 15.5. The predicted octanol–water partition coefficient (Wildman–Crippen LogP) is 4.09. The lowest BCUT2D eigenvalue weighted by atomic mass is 9.93. The SMILES string of the molecule is CC(C)OCc1ccccc1CNC(=O)C1Cc2ccccc2CN1C(=O)c1ccco1. The van der Waals surface area contributed by atoms with E-state index in [1.54, 1.807) is 17.0 Å². The summed E-state index contributed by atoms with van der Waals surface area (Å²) in [6.45, 7) is 5.22. The third-order valence-corrected chi connectivity index (χ3v) is 5.69. The van der Waals surface area contributed by atoms with E-state index in [-0.39, 0.29) is 23.7 Å². The van der Waals surface area contributed by atoms with E-state index >= 15 is 0 Å². The number of rotatable bonds is 7. The molecule has 3 aromatic rings. The molecular formula is C26H28N2O4. The highest BCUT2D eigenvalue weighted by molar-refractivity contribution is 5.96. The molecule has 1 unspecified atom stereocenters. The fourth-order valence-corrected chi connectivity index (χ4v) is 3.94. The van der Waals surface area contributed by atoms with Gasteiger partial charge in [0.2, 0.25) is 5.91 Å². The lowest BCUT2D eigenvalue weighted by molar-refractivity contribution is -0.126. The number of hydrogen-bond acceptors (Lipinski definition) is 4. The fraction of sp³-hybridized carbons (Fsp3) is 0.308. The molecule has 0 saturated carbocycles. The summed E-state index contributed by atoms with van der Waals surface area (Å²) in [4.78, 5) is 28.0. The minimum atomic E-state index is -0.610. The number of furan rings is 1. The van der Waals surface area contributed by atoms with Gasteiger partial charge < -0.3 is 19.4 Å². The molecule has 6 heteroatoms. The summed E-state index contributed by atoms with van der Waals surface area (Å²) in [6.07, 6.45) is 2.06. The van der Waals surface area contributed by atoms with E-state index in [0.29, 0.717) is 26.1 Å². The first-order valence-corrected chi connectivity index (χ1v) is 10.9. The van der Waals surface area contributed by atoms with Crippen LogP contribution in [0.15, 0.2) is 71.3 Å². The van der Waals surface area contributed by atoms with Crippen LogP contribution in [0, 0.1) is 0 Å². The van der Waals surface area contributed by atoms with Crippen molar-refractivity contribution in [2.45, 2.75) is 52.1 Å². The van der Waals surface area contributed by atoms with Crippen molar-refractivity contribution >= 4 is 11.8 Å². The van der Waals surface area contributed by atoms with Crippen LogP contribution in [0.25, 0.3) is 0 Å². The minimum absolute atomic E-state index is 0.126. The molecule has 1 atom stereocenters. The Morgan fingerprint density at radius 2 is 1.75 bits per heavy atom. The van der Waals surface area contributed by atoms with Crippen LogP contribution in [-0.2, 0) is 35.6 Å². The third kappa shape index (κ3) is 4.92. The molecule has 1 N–H and O–H groups in total. The highest BCUT2D eigenvalue weighted by atomic mass is 16.5. The van der Waals surface area contributed by atoms with Crippen LogP contribution < -0.4 is 5.32 Å². The van der Waals surface area contributed by atoms with Gasteiger partial charge in [-0.3, -0.25) is 9.59 Å². The van der Waals surface area contributed by atoms with Crippen LogP contribution in [0.2, 0.25) is 0 Å². The van der Waals surface area contributed by atoms with Crippen LogP contribution in [0.3, 0.4) is 0 Å². The number of nitrogens with one attached hydrogen (secondary N) is 1. The molecular weight excluding hydrogens is 404 g/mol. The second-order valence-corrected chi connectivity index (χ2v) is 8.25. The topological polar surface area (TPSA) is 71.8 Å². The standard InChI is InChI=1S/C26H28N2O4/c1-18(2)32-17-22-11-6-4-9-20(22)15-27-25(29)23-14-19-8-3-5-10-21(19)16-28(23)26(30)24-12-7-13-31-24/h3-13,18,23H,14-17H2,1-2H3,(H,27,29). The molecule has 2 aromatic carbocycles. The summed E-state index contributed by atoms with van der Waals surface area (Å²) in [5, 5.41) is 3.04. The molecule has 0 radical (unpaired) electrons. The van der Waals surface area contributed by atoms with E-state index in [4.69, 9.17) is 9.15 Å². The van der Waals surface area contributed by atoms with Crippen LogP contribution in [0.5, 0.6) is 0 Å². The van der Waals surface area contributed by atoms with E-state index in [2.05, 4.69) is 5.32 Å². The monoisotopic (exact) mass is 432 g/mol. The Bertz CT molecular complexity index is 1070. The van der Waals surface area contributed by atoms with Gasteiger partial charge in [-0.2, -0.15) is 0 Å². The number of fused-ring (bicyclic) bond motifs is 1. The zero-order chi connectivity index (χ0) is 22.5. The number of benzene rings is 2. The highest BCUT2D eigenvalue weighted by Gasteiger charge is 2.35. The molecule has 2 amide bonds. The molecule has 0 saturated heterocycles. The summed E-state index contributed by atoms with van der Waals surface area (Å²) < 4.78 is 11.1. The fourth-order valence-electron chi connectivity index (χ4n) is 3.94. The summed E-state index contributed by atoms with van der Waals surface area (Å²) in [7, 11) is 0. The molecule has 1 aliphatic rings. The van der Waals surface area contributed by atoms with Crippen molar-refractivity contribution < 1.29 is 18.7 Å². The Balaban J connectivity index is 1.51. The summed E-state index contributed by atoms with van der Waals surface area (Å²) >= 11 is 0. The molecule has 0 aliphatic carbocycles. The number of hydrogen-bond donors (Lipinski definition) is 1. The minimum Gasteiger partial charge on any atom is -0.459 e. The van der Waals surface area contributed by atoms with Crippen molar-refractivity contribution in [3.63, 3.8) is 0 Å². The number of amides is 2. The van der Waals surface area contributed by atoms with E-state index < -0.39 is 6.04 Å². The first-order chi connectivity index (χ1) is 15.5. The van der Waals surface area contributed by atoms with E-state index in [1.165, 1.54) is 6.26 Å². The number of carbonyl (C=O) groups excluding carboxylic acids is 2. The molecule has 1 aromatic heterocycles. The van der Waals surface area contributed by atoms with Gasteiger partial charge in [-0.1, -0.05) is 48.5 Å². The lowest BCUT2D eigenvalue weighted by Crippen LogP contribution is -2.52. The Hall–Kier alpha value is -3.38.